The van der Waals surface area contributed by atoms with Crippen molar-refractivity contribution in [3.63, 3.8) is 0 Å². The molecule has 0 bridgehead atoms. The van der Waals surface area contributed by atoms with E-state index in [0.29, 0.717) is 23.1 Å². The Bertz CT molecular complexity index is 1020. The number of aromatic hydroxyl groups is 1. The number of carbonyl (C=O) groups excluding carboxylic acids is 2. The number of nitrogens with one attached hydrogen (secondary N) is 1. The second-order valence-corrected chi connectivity index (χ2v) is 6.68. The number of rotatable bonds is 5. The van der Waals surface area contributed by atoms with Gasteiger partial charge < -0.3 is 10.4 Å². The second-order valence-electron chi connectivity index (χ2n) is 6.68. The van der Waals surface area contributed by atoms with E-state index in [9.17, 15) is 14.7 Å². The van der Waals surface area contributed by atoms with Crippen LogP contribution in [0.5, 0.6) is 5.75 Å². The predicted molar refractivity (Wildman–Crippen MR) is 106 cm³/mol. The molecule has 27 heavy (non-hydrogen) atoms. The fourth-order valence-electron chi connectivity index (χ4n) is 3.47. The summed E-state index contributed by atoms with van der Waals surface area (Å²) in [5, 5.41) is 14.3. The molecule has 0 spiro atoms. The number of anilines is 2. The Balaban J connectivity index is 1.81. The summed E-state index contributed by atoms with van der Waals surface area (Å²) >= 11 is 0. The summed E-state index contributed by atoms with van der Waals surface area (Å²) in [5.41, 5.74) is 2.75. The lowest BCUT2D eigenvalue weighted by Crippen LogP contribution is -2.40. The molecule has 1 aliphatic heterocycles. The summed E-state index contributed by atoms with van der Waals surface area (Å²) in [6.07, 6.45) is 1.72. The first-order valence-corrected chi connectivity index (χ1v) is 9.08. The van der Waals surface area contributed by atoms with Gasteiger partial charge in [0.25, 0.3) is 11.8 Å². The zero-order valence-corrected chi connectivity index (χ0v) is 15.0. The highest BCUT2D eigenvalue weighted by Crippen LogP contribution is 2.35. The van der Waals surface area contributed by atoms with Crippen LogP contribution in [0.4, 0.5) is 11.4 Å². The average Bonchev–Trinajstić information content (AvgIpc) is 2.68. The lowest BCUT2D eigenvalue weighted by Gasteiger charge is -2.27. The number of phenolic OH excluding ortho intramolecular Hbond substituents is 1. The van der Waals surface area contributed by atoms with Gasteiger partial charge in [-0.15, -0.1) is 0 Å². The van der Waals surface area contributed by atoms with Crippen molar-refractivity contribution in [2.75, 3.05) is 11.9 Å². The fraction of sp³-hybridized carbons (Fsp3) is 0.182. The smallest absolute Gasteiger partial charge is 0.261 e. The third kappa shape index (κ3) is 2.91. The Morgan fingerprint density at radius 2 is 1.63 bits per heavy atom. The molecule has 136 valence electrons. The molecule has 2 N–H and O–H groups in total. The van der Waals surface area contributed by atoms with Crippen molar-refractivity contribution >= 4 is 34.0 Å². The number of amides is 2. The van der Waals surface area contributed by atoms with Crippen molar-refractivity contribution in [3.8, 4) is 5.75 Å². The van der Waals surface area contributed by atoms with Crippen molar-refractivity contribution in [2.45, 2.75) is 19.8 Å². The first-order chi connectivity index (χ1) is 13.1. The van der Waals surface area contributed by atoms with Crippen LogP contribution in [-0.2, 0) is 0 Å². The molecule has 0 fully saturated rings. The van der Waals surface area contributed by atoms with Crippen molar-refractivity contribution in [2.24, 2.45) is 0 Å². The molecule has 0 saturated carbocycles. The molecule has 0 unspecified atom stereocenters. The first-order valence-electron chi connectivity index (χ1n) is 9.08. The Kier molecular flexibility index (Phi) is 4.28. The van der Waals surface area contributed by atoms with Gasteiger partial charge in [-0.1, -0.05) is 25.5 Å². The quantitative estimate of drug-likeness (QED) is 0.512. The maximum absolute atomic E-state index is 12.9. The predicted octanol–water partition coefficient (Wildman–Crippen LogP) is 4.69. The van der Waals surface area contributed by atoms with Gasteiger partial charge in [-0.25, -0.2) is 0 Å². The van der Waals surface area contributed by atoms with Crippen LogP contribution in [0, 0.1) is 0 Å². The van der Waals surface area contributed by atoms with Gasteiger partial charge in [0.05, 0.1) is 0 Å². The highest BCUT2D eigenvalue weighted by atomic mass is 16.3. The number of benzene rings is 3. The monoisotopic (exact) mass is 360 g/mol. The van der Waals surface area contributed by atoms with Gasteiger partial charge >= 0.3 is 0 Å². The lowest BCUT2D eigenvalue weighted by molar-refractivity contribution is 0.0608. The van der Waals surface area contributed by atoms with E-state index in [1.165, 1.54) is 4.90 Å². The van der Waals surface area contributed by atoms with Gasteiger partial charge in [0.1, 0.15) is 5.75 Å². The fourth-order valence-corrected chi connectivity index (χ4v) is 3.47. The molecule has 3 aromatic carbocycles. The van der Waals surface area contributed by atoms with E-state index < -0.39 is 0 Å². The highest BCUT2D eigenvalue weighted by molar-refractivity contribution is 6.26. The third-order valence-electron chi connectivity index (χ3n) is 4.87. The summed E-state index contributed by atoms with van der Waals surface area (Å²) < 4.78 is 0. The Hall–Kier alpha value is -3.34. The summed E-state index contributed by atoms with van der Waals surface area (Å²) in [6, 6.07) is 15.9. The maximum atomic E-state index is 12.9. The van der Waals surface area contributed by atoms with Crippen LogP contribution >= 0.6 is 0 Å². The van der Waals surface area contributed by atoms with Gasteiger partial charge in [-0.2, -0.15) is 0 Å². The van der Waals surface area contributed by atoms with Crippen LogP contribution in [-0.4, -0.2) is 28.4 Å². The number of imide groups is 1. The van der Waals surface area contributed by atoms with Gasteiger partial charge in [-0.3, -0.25) is 14.5 Å². The normalized spacial score (nSPS) is 13.3. The molecule has 0 radical (unpaired) electrons. The lowest BCUT2D eigenvalue weighted by atomic mass is 9.93. The van der Waals surface area contributed by atoms with Crippen LogP contribution in [0.15, 0.2) is 54.6 Å². The molecule has 3 aromatic rings. The Morgan fingerprint density at radius 3 is 2.33 bits per heavy atom. The van der Waals surface area contributed by atoms with Crippen molar-refractivity contribution in [3.05, 3.63) is 65.7 Å². The zero-order chi connectivity index (χ0) is 19.0. The van der Waals surface area contributed by atoms with Crippen molar-refractivity contribution in [1.29, 1.82) is 0 Å². The number of nitrogens with zero attached hydrogens (tertiary/aromatic N) is 1. The molecular weight excluding hydrogens is 340 g/mol. The van der Waals surface area contributed by atoms with E-state index in [1.54, 1.807) is 36.4 Å². The molecule has 5 nitrogen and oxygen atoms in total. The summed E-state index contributed by atoms with van der Waals surface area (Å²) in [4.78, 5) is 27.1. The molecule has 0 atom stereocenters. The zero-order valence-electron chi connectivity index (χ0n) is 15.0. The summed E-state index contributed by atoms with van der Waals surface area (Å²) in [7, 11) is 0. The van der Waals surface area contributed by atoms with E-state index in [2.05, 4.69) is 5.32 Å². The molecule has 2 amide bonds. The molecule has 4 rings (SSSR count). The van der Waals surface area contributed by atoms with E-state index >= 15 is 0 Å². The molecule has 5 heteroatoms. The number of carbonyl (C=O) groups is 2. The molecule has 0 aliphatic carbocycles. The maximum Gasteiger partial charge on any atom is 0.261 e. The molecule has 1 aliphatic rings. The van der Waals surface area contributed by atoms with E-state index in [-0.39, 0.29) is 17.6 Å². The molecular formula is C22H20N2O3. The van der Waals surface area contributed by atoms with Crippen molar-refractivity contribution in [1.82, 2.24) is 4.90 Å². The first kappa shape index (κ1) is 17.1. The van der Waals surface area contributed by atoms with Crippen LogP contribution in [0.1, 0.15) is 40.5 Å². The second kappa shape index (κ2) is 6.76. The number of phenols is 1. The molecule has 0 aromatic heterocycles. The average molecular weight is 360 g/mol. The molecule has 1 heterocycles. The van der Waals surface area contributed by atoms with Gasteiger partial charge in [-0.05, 0) is 48.9 Å². The summed E-state index contributed by atoms with van der Waals surface area (Å²) in [6.45, 7) is 2.48. The van der Waals surface area contributed by atoms with E-state index in [4.69, 9.17) is 0 Å². The largest absolute Gasteiger partial charge is 0.508 e. The third-order valence-corrected chi connectivity index (χ3v) is 4.87. The molecule has 0 saturated heterocycles. The SMILES string of the molecule is CCCCN1C(=O)c2cccc3c(Nc4ccc(O)cc4)ccc(c23)C1=O. The van der Waals surface area contributed by atoms with Gasteiger partial charge in [0, 0.05) is 39.8 Å². The van der Waals surface area contributed by atoms with Crippen LogP contribution in [0.3, 0.4) is 0 Å². The number of hydrogen-bond acceptors (Lipinski definition) is 4. The van der Waals surface area contributed by atoms with Gasteiger partial charge in [0.15, 0.2) is 0 Å². The summed E-state index contributed by atoms with van der Waals surface area (Å²) in [5.74, 6) is -0.262. The topological polar surface area (TPSA) is 69.6 Å². The minimum atomic E-state index is -0.228. The van der Waals surface area contributed by atoms with Crippen LogP contribution < -0.4 is 5.32 Å². The van der Waals surface area contributed by atoms with Crippen LogP contribution in [0.2, 0.25) is 0 Å². The minimum absolute atomic E-state index is 0.195. The number of unbranched alkanes of at least 4 members (excludes halogenated alkanes) is 1. The minimum Gasteiger partial charge on any atom is -0.508 e. The highest BCUT2D eigenvalue weighted by Gasteiger charge is 2.32. The van der Waals surface area contributed by atoms with Crippen molar-refractivity contribution < 1.29 is 14.7 Å². The van der Waals surface area contributed by atoms with E-state index in [0.717, 1.165) is 29.6 Å². The standard InChI is InChI=1S/C22H20N2O3/c1-2-3-13-24-21(26)17-6-4-5-16-19(12-11-18(20(16)17)22(24)27)23-14-7-9-15(25)10-8-14/h4-12,23,25H,2-3,13H2,1H3. The Morgan fingerprint density at radius 1 is 0.926 bits per heavy atom. The van der Waals surface area contributed by atoms with Crippen LogP contribution in [0.25, 0.3) is 10.8 Å². The number of hydrogen-bond donors (Lipinski definition) is 2. The Labute approximate surface area is 157 Å². The van der Waals surface area contributed by atoms with E-state index in [1.807, 2.05) is 25.1 Å². The van der Waals surface area contributed by atoms with Gasteiger partial charge in [0.2, 0.25) is 0 Å².